The average Bonchev–Trinajstić information content (AvgIpc) is 2.20. The minimum atomic E-state index is 0.317. The van der Waals surface area contributed by atoms with Crippen LogP contribution in [-0.4, -0.2) is 13.4 Å². The Morgan fingerprint density at radius 3 is 2.67 bits per heavy atom. The predicted molar refractivity (Wildman–Crippen MR) is 65.4 cm³/mol. The number of rotatable bonds is 5. The minimum Gasteiger partial charge on any atom is -0.467 e. The van der Waals surface area contributed by atoms with Gasteiger partial charge in [-0.3, -0.25) is 0 Å². The second kappa shape index (κ2) is 6.13. The van der Waals surface area contributed by atoms with Crippen molar-refractivity contribution in [2.75, 3.05) is 13.4 Å². The van der Waals surface area contributed by atoms with E-state index in [0.29, 0.717) is 19.3 Å². The summed E-state index contributed by atoms with van der Waals surface area (Å²) < 4.78 is 11.8. The first kappa shape index (κ1) is 12.5. The van der Waals surface area contributed by atoms with Gasteiger partial charge >= 0.3 is 0 Å². The lowest BCUT2D eigenvalue weighted by molar-refractivity contribution is 0.0217. The standard InChI is InChI=1S/C12H17BrO2/c1-4-14-8-15-12-6-5-10(13)7-11(12)9(2)3/h5-7,9H,4,8H2,1-3H3. The van der Waals surface area contributed by atoms with Crippen molar-refractivity contribution in [3.63, 3.8) is 0 Å². The van der Waals surface area contributed by atoms with E-state index in [2.05, 4.69) is 35.8 Å². The molecule has 0 radical (unpaired) electrons. The molecule has 0 N–H and O–H groups in total. The average molecular weight is 273 g/mol. The first-order chi connectivity index (χ1) is 7.15. The summed E-state index contributed by atoms with van der Waals surface area (Å²) in [7, 11) is 0. The van der Waals surface area contributed by atoms with Crippen LogP contribution >= 0.6 is 15.9 Å². The zero-order chi connectivity index (χ0) is 11.3. The zero-order valence-corrected chi connectivity index (χ0v) is 11.0. The molecule has 1 aromatic rings. The van der Waals surface area contributed by atoms with Crippen LogP contribution in [0.25, 0.3) is 0 Å². The van der Waals surface area contributed by atoms with Crippen LogP contribution in [0.4, 0.5) is 0 Å². The van der Waals surface area contributed by atoms with Gasteiger partial charge in [0.15, 0.2) is 6.79 Å². The molecular weight excluding hydrogens is 256 g/mol. The van der Waals surface area contributed by atoms with Gasteiger partial charge in [-0.2, -0.15) is 0 Å². The summed E-state index contributed by atoms with van der Waals surface area (Å²) >= 11 is 3.46. The highest BCUT2D eigenvalue weighted by Crippen LogP contribution is 2.29. The van der Waals surface area contributed by atoms with Crippen LogP contribution in [0.2, 0.25) is 0 Å². The predicted octanol–water partition coefficient (Wildman–Crippen LogP) is 3.95. The quantitative estimate of drug-likeness (QED) is 0.597. The van der Waals surface area contributed by atoms with Gasteiger partial charge < -0.3 is 9.47 Å². The molecule has 0 aliphatic rings. The Kier molecular flexibility index (Phi) is 5.12. The van der Waals surface area contributed by atoms with E-state index in [0.717, 1.165) is 10.2 Å². The normalized spacial score (nSPS) is 10.7. The molecule has 1 aromatic carbocycles. The highest BCUT2D eigenvalue weighted by Gasteiger charge is 2.08. The number of ether oxygens (including phenoxy) is 2. The molecule has 0 heterocycles. The van der Waals surface area contributed by atoms with Gasteiger partial charge in [0.05, 0.1) is 0 Å². The molecular formula is C12H17BrO2. The first-order valence-electron chi connectivity index (χ1n) is 5.15. The third-order valence-corrected chi connectivity index (χ3v) is 2.59. The molecule has 0 fully saturated rings. The van der Waals surface area contributed by atoms with Gasteiger partial charge in [-0.25, -0.2) is 0 Å². The molecule has 0 spiro atoms. The molecule has 0 atom stereocenters. The Labute approximate surface area is 99.7 Å². The van der Waals surface area contributed by atoms with Gasteiger partial charge in [0.25, 0.3) is 0 Å². The summed E-state index contributed by atoms with van der Waals surface area (Å²) in [6.07, 6.45) is 0. The largest absolute Gasteiger partial charge is 0.467 e. The van der Waals surface area contributed by atoms with Crippen molar-refractivity contribution >= 4 is 15.9 Å². The molecule has 0 aromatic heterocycles. The van der Waals surface area contributed by atoms with Gasteiger partial charge in [0, 0.05) is 11.1 Å². The van der Waals surface area contributed by atoms with Crippen LogP contribution in [0.5, 0.6) is 5.75 Å². The van der Waals surface area contributed by atoms with Crippen LogP contribution < -0.4 is 4.74 Å². The van der Waals surface area contributed by atoms with Crippen molar-refractivity contribution in [3.05, 3.63) is 28.2 Å². The molecule has 0 aliphatic heterocycles. The number of halogens is 1. The van der Waals surface area contributed by atoms with Gasteiger partial charge in [0.1, 0.15) is 5.75 Å². The fourth-order valence-corrected chi connectivity index (χ4v) is 1.67. The zero-order valence-electron chi connectivity index (χ0n) is 9.42. The second-order valence-corrected chi connectivity index (χ2v) is 4.51. The monoisotopic (exact) mass is 272 g/mol. The molecule has 0 unspecified atom stereocenters. The summed E-state index contributed by atoms with van der Waals surface area (Å²) in [5.41, 5.74) is 1.20. The van der Waals surface area contributed by atoms with Crippen molar-refractivity contribution in [1.82, 2.24) is 0 Å². The minimum absolute atomic E-state index is 0.317. The smallest absolute Gasteiger partial charge is 0.189 e. The van der Waals surface area contributed by atoms with E-state index in [1.54, 1.807) is 0 Å². The maximum Gasteiger partial charge on any atom is 0.189 e. The summed E-state index contributed by atoms with van der Waals surface area (Å²) in [6.45, 7) is 7.24. The van der Waals surface area contributed by atoms with E-state index in [4.69, 9.17) is 9.47 Å². The summed E-state index contributed by atoms with van der Waals surface area (Å²) in [4.78, 5) is 0. The summed E-state index contributed by atoms with van der Waals surface area (Å²) in [6, 6.07) is 6.04. The number of hydrogen-bond donors (Lipinski definition) is 0. The molecule has 0 saturated heterocycles. The molecule has 3 heteroatoms. The molecule has 0 amide bonds. The topological polar surface area (TPSA) is 18.5 Å². The third-order valence-electron chi connectivity index (χ3n) is 2.10. The Hall–Kier alpha value is -0.540. The molecule has 0 bridgehead atoms. The van der Waals surface area contributed by atoms with Crippen LogP contribution in [0.1, 0.15) is 32.3 Å². The molecule has 0 saturated carbocycles. The fourth-order valence-electron chi connectivity index (χ4n) is 1.29. The lowest BCUT2D eigenvalue weighted by Gasteiger charge is -2.14. The van der Waals surface area contributed by atoms with E-state index < -0.39 is 0 Å². The van der Waals surface area contributed by atoms with E-state index in [9.17, 15) is 0 Å². The number of hydrogen-bond acceptors (Lipinski definition) is 2. The summed E-state index contributed by atoms with van der Waals surface area (Å²) in [5, 5.41) is 0. The SMILES string of the molecule is CCOCOc1ccc(Br)cc1C(C)C. The molecule has 2 nitrogen and oxygen atoms in total. The van der Waals surface area contributed by atoms with Crippen LogP contribution in [-0.2, 0) is 4.74 Å². The van der Waals surface area contributed by atoms with Gasteiger partial charge in [-0.05, 0) is 36.6 Å². The van der Waals surface area contributed by atoms with E-state index >= 15 is 0 Å². The third kappa shape index (κ3) is 3.84. The van der Waals surface area contributed by atoms with Crippen molar-refractivity contribution in [2.24, 2.45) is 0 Å². The van der Waals surface area contributed by atoms with Crippen LogP contribution in [0.15, 0.2) is 22.7 Å². The van der Waals surface area contributed by atoms with Crippen molar-refractivity contribution < 1.29 is 9.47 Å². The highest BCUT2D eigenvalue weighted by atomic mass is 79.9. The van der Waals surface area contributed by atoms with Crippen molar-refractivity contribution in [1.29, 1.82) is 0 Å². The number of benzene rings is 1. The van der Waals surface area contributed by atoms with E-state index in [1.807, 2.05) is 19.1 Å². The van der Waals surface area contributed by atoms with Crippen LogP contribution in [0.3, 0.4) is 0 Å². The maximum atomic E-state index is 5.55. The Morgan fingerprint density at radius 1 is 1.33 bits per heavy atom. The Bertz CT molecular complexity index is 310. The second-order valence-electron chi connectivity index (χ2n) is 3.59. The Morgan fingerprint density at radius 2 is 2.07 bits per heavy atom. The molecule has 15 heavy (non-hydrogen) atoms. The fraction of sp³-hybridized carbons (Fsp3) is 0.500. The van der Waals surface area contributed by atoms with Crippen LogP contribution in [0, 0.1) is 0 Å². The van der Waals surface area contributed by atoms with Crippen molar-refractivity contribution in [3.8, 4) is 5.75 Å². The molecule has 1 rings (SSSR count). The van der Waals surface area contributed by atoms with E-state index in [1.165, 1.54) is 5.56 Å². The maximum absolute atomic E-state index is 5.55. The van der Waals surface area contributed by atoms with Gasteiger partial charge in [0.2, 0.25) is 0 Å². The van der Waals surface area contributed by atoms with Gasteiger partial charge in [-0.15, -0.1) is 0 Å². The van der Waals surface area contributed by atoms with Crippen molar-refractivity contribution in [2.45, 2.75) is 26.7 Å². The Balaban J connectivity index is 2.77. The first-order valence-corrected chi connectivity index (χ1v) is 5.94. The van der Waals surface area contributed by atoms with Gasteiger partial charge in [-0.1, -0.05) is 29.8 Å². The highest BCUT2D eigenvalue weighted by molar-refractivity contribution is 9.10. The molecule has 84 valence electrons. The lowest BCUT2D eigenvalue weighted by Crippen LogP contribution is -2.04. The molecule has 0 aliphatic carbocycles. The van der Waals surface area contributed by atoms with E-state index in [-0.39, 0.29) is 0 Å². The lowest BCUT2D eigenvalue weighted by atomic mass is 10.0. The summed E-state index contributed by atoms with van der Waals surface area (Å²) in [5.74, 6) is 1.35.